The van der Waals surface area contributed by atoms with E-state index in [1.165, 1.54) is 11.1 Å². The van der Waals surface area contributed by atoms with E-state index in [0.717, 1.165) is 11.3 Å². The van der Waals surface area contributed by atoms with Crippen LogP contribution in [0, 0.1) is 6.92 Å². The van der Waals surface area contributed by atoms with Gasteiger partial charge in [0, 0.05) is 5.69 Å². The summed E-state index contributed by atoms with van der Waals surface area (Å²) in [5.41, 5.74) is 10.3. The minimum absolute atomic E-state index is 0.529. The molecule has 0 aromatic heterocycles. The molecule has 70 valence electrons. The quantitative estimate of drug-likeness (QED) is 0.685. The number of rotatable bonds is 2. The van der Waals surface area contributed by atoms with Crippen LogP contribution >= 0.6 is 0 Å². The van der Waals surface area contributed by atoms with Gasteiger partial charge in [-0.2, -0.15) is 0 Å². The Bertz CT molecular complexity index is 324. The van der Waals surface area contributed by atoms with E-state index in [1.807, 2.05) is 0 Å². The van der Waals surface area contributed by atoms with Gasteiger partial charge in [0.2, 0.25) is 0 Å². The van der Waals surface area contributed by atoms with Crippen molar-refractivity contribution in [3.8, 4) is 0 Å². The Kier molecular flexibility index (Phi) is 2.76. The highest BCUT2D eigenvalue weighted by Crippen LogP contribution is 2.25. The third-order valence-corrected chi connectivity index (χ3v) is 2.31. The lowest BCUT2D eigenvalue weighted by Gasteiger charge is -2.12. The van der Waals surface area contributed by atoms with Gasteiger partial charge in [0.05, 0.1) is 0 Å². The molecule has 0 saturated heterocycles. The average Bonchev–Trinajstić information content (AvgIpc) is 2.07. The van der Waals surface area contributed by atoms with Crippen molar-refractivity contribution in [2.45, 2.75) is 26.7 Å². The summed E-state index contributed by atoms with van der Waals surface area (Å²) in [4.78, 5) is 0. The van der Waals surface area contributed by atoms with Crippen molar-refractivity contribution in [2.75, 3.05) is 5.73 Å². The molecule has 1 nitrogen and oxygen atoms in total. The first-order valence-corrected chi connectivity index (χ1v) is 4.58. The predicted molar refractivity (Wildman–Crippen MR) is 59.8 cm³/mol. The van der Waals surface area contributed by atoms with Gasteiger partial charge in [-0.1, -0.05) is 26.5 Å². The van der Waals surface area contributed by atoms with Crippen molar-refractivity contribution in [1.29, 1.82) is 0 Å². The maximum atomic E-state index is 5.87. The van der Waals surface area contributed by atoms with Crippen LogP contribution in [0.4, 0.5) is 5.69 Å². The summed E-state index contributed by atoms with van der Waals surface area (Å²) in [6.07, 6.45) is 1.80. The number of benzene rings is 1. The molecule has 0 atom stereocenters. The van der Waals surface area contributed by atoms with Crippen LogP contribution in [0.1, 0.15) is 36.5 Å². The van der Waals surface area contributed by atoms with Crippen LogP contribution in [0.15, 0.2) is 18.7 Å². The Labute approximate surface area is 80.3 Å². The van der Waals surface area contributed by atoms with Gasteiger partial charge < -0.3 is 5.73 Å². The van der Waals surface area contributed by atoms with E-state index in [1.54, 1.807) is 6.08 Å². The Balaban J connectivity index is 3.28. The molecule has 0 bridgehead atoms. The third kappa shape index (κ3) is 1.92. The van der Waals surface area contributed by atoms with Crippen molar-refractivity contribution < 1.29 is 0 Å². The van der Waals surface area contributed by atoms with Gasteiger partial charge >= 0.3 is 0 Å². The SMILES string of the molecule is C=Cc1cc(C)c(C(C)C)cc1N. The number of hydrogen-bond donors (Lipinski definition) is 1. The first-order chi connectivity index (χ1) is 6.06. The molecular formula is C12H17N. The summed E-state index contributed by atoms with van der Waals surface area (Å²) in [6.45, 7) is 10.2. The zero-order valence-corrected chi connectivity index (χ0v) is 8.59. The van der Waals surface area contributed by atoms with Gasteiger partial charge in [-0.3, -0.25) is 0 Å². The van der Waals surface area contributed by atoms with Crippen LogP contribution in [0.5, 0.6) is 0 Å². The highest BCUT2D eigenvalue weighted by atomic mass is 14.6. The second-order valence-corrected chi connectivity index (χ2v) is 3.70. The number of nitrogen functional groups attached to an aromatic ring is 1. The average molecular weight is 175 g/mol. The molecule has 2 N–H and O–H groups in total. The molecule has 0 aliphatic carbocycles. The lowest BCUT2D eigenvalue weighted by molar-refractivity contribution is 0.857. The summed E-state index contributed by atoms with van der Waals surface area (Å²) < 4.78 is 0. The van der Waals surface area contributed by atoms with Crippen molar-refractivity contribution in [3.05, 3.63) is 35.4 Å². The Morgan fingerprint density at radius 3 is 2.46 bits per heavy atom. The molecule has 0 radical (unpaired) electrons. The van der Waals surface area contributed by atoms with Gasteiger partial charge in [0.1, 0.15) is 0 Å². The molecule has 1 heteroatoms. The fraction of sp³-hybridized carbons (Fsp3) is 0.333. The molecular weight excluding hydrogens is 158 g/mol. The molecule has 0 saturated carbocycles. The molecule has 0 aliphatic heterocycles. The topological polar surface area (TPSA) is 26.0 Å². The van der Waals surface area contributed by atoms with Crippen molar-refractivity contribution in [1.82, 2.24) is 0 Å². The smallest absolute Gasteiger partial charge is 0.0390 e. The number of aryl methyl sites for hydroxylation is 1. The molecule has 1 rings (SSSR count). The van der Waals surface area contributed by atoms with E-state index in [4.69, 9.17) is 5.73 Å². The fourth-order valence-corrected chi connectivity index (χ4v) is 1.56. The molecule has 0 unspecified atom stereocenters. The second-order valence-electron chi connectivity index (χ2n) is 3.70. The largest absolute Gasteiger partial charge is 0.398 e. The molecule has 1 aromatic carbocycles. The van der Waals surface area contributed by atoms with Crippen LogP contribution in [-0.2, 0) is 0 Å². The molecule has 1 aromatic rings. The van der Waals surface area contributed by atoms with Crippen LogP contribution in [0.2, 0.25) is 0 Å². The molecule has 0 heterocycles. The summed E-state index contributed by atoms with van der Waals surface area (Å²) in [7, 11) is 0. The van der Waals surface area contributed by atoms with Gasteiger partial charge in [-0.15, -0.1) is 0 Å². The van der Waals surface area contributed by atoms with E-state index in [2.05, 4.69) is 39.5 Å². The number of hydrogen-bond acceptors (Lipinski definition) is 1. The number of anilines is 1. The van der Waals surface area contributed by atoms with Crippen molar-refractivity contribution in [2.24, 2.45) is 0 Å². The first kappa shape index (κ1) is 9.85. The van der Waals surface area contributed by atoms with E-state index < -0.39 is 0 Å². The Morgan fingerprint density at radius 2 is 2.00 bits per heavy atom. The van der Waals surface area contributed by atoms with Crippen molar-refractivity contribution >= 4 is 11.8 Å². The van der Waals surface area contributed by atoms with Crippen LogP contribution in [-0.4, -0.2) is 0 Å². The van der Waals surface area contributed by atoms with E-state index in [0.29, 0.717) is 5.92 Å². The maximum absolute atomic E-state index is 5.87. The predicted octanol–water partition coefficient (Wildman–Crippen LogP) is 3.34. The first-order valence-electron chi connectivity index (χ1n) is 4.58. The number of nitrogens with two attached hydrogens (primary N) is 1. The fourth-order valence-electron chi connectivity index (χ4n) is 1.56. The normalized spacial score (nSPS) is 10.5. The third-order valence-electron chi connectivity index (χ3n) is 2.31. The molecule has 0 amide bonds. The highest BCUT2D eigenvalue weighted by Gasteiger charge is 2.05. The standard InChI is InChI=1S/C12H17N/c1-5-10-6-9(4)11(8(2)3)7-12(10)13/h5-8H,1,13H2,2-4H3. The zero-order chi connectivity index (χ0) is 10.0. The minimum Gasteiger partial charge on any atom is -0.398 e. The molecule has 0 spiro atoms. The van der Waals surface area contributed by atoms with Crippen molar-refractivity contribution in [3.63, 3.8) is 0 Å². The van der Waals surface area contributed by atoms with Crippen LogP contribution < -0.4 is 5.73 Å². The molecule has 0 fully saturated rings. The van der Waals surface area contributed by atoms with Gasteiger partial charge in [0.15, 0.2) is 0 Å². The lowest BCUT2D eigenvalue weighted by Crippen LogP contribution is -1.97. The summed E-state index contributed by atoms with van der Waals surface area (Å²) in [6, 6.07) is 4.15. The van der Waals surface area contributed by atoms with E-state index >= 15 is 0 Å². The lowest BCUT2D eigenvalue weighted by atomic mass is 9.95. The summed E-state index contributed by atoms with van der Waals surface area (Å²) in [5.74, 6) is 0.529. The van der Waals surface area contributed by atoms with Crippen LogP contribution in [0.25, 0.3) is 6.08 Å². The molecule has 0 aliphatic rings. The summed E-state index contributed by atoms with van der Waals surface area (Å²) in [5, 5.41) is 0. The van der Waals surface area contributed by atoms with Gasteiger partial charge in [0.25, 0.3) is 0 Å². The maximum Gasteiger partial charge on any atom is 0.0390 e. The second kappa shape index (κ2) is 3.65. The van der Waals surface area contributed by atoms with Gasteiger partial charge in [-0.25, -0.2) is 0 Å². The van der Waals surface area contributed by atoms with Crippen LogP contribution in [0.3, 0.4) is 0 Å². The van der Waals surface area contributed by atoms with E-state index in [-0.39, 0.29) is 0 Å². The Hall–Kier alpha value is -1.24. The zero-order valence-electron chi connectivity index (χ0n) is 8.59. The minimum atomic E-state index is 0.529. The van der Waals surface area contributed by atoms with E-state index in [9.17, 15) is 0 Å². The van der Waals surface area contributed by atoms with Gasteiger partial charge in [-0.05, 0) is 41.7 Å². The Morgan fingerprint density at radius 1 is 1.38 bits per heavy atom. The monoisotopic (exact) mass is 175 g/mol. The molecule has 13 heavy (non-hydrogen) atoms. The highest BCUT2D eigenvalue weighted by molar-refractivity contribution is 5.65. The summed E-state index contributed by atoms with van der Waals surface area (Å²) >= 11 is 0.